The number of nitrogens with one attached hydrogen (secondary N) is 1. The van der Waals surface area contributed by atoms with E-state index < -0.39 is 6.17 Å². The Morgan fingerprint density at radius 3 is 3.10 bits per heavy atom. The summed E-state index contributed by atoms with van der Waals surface area (Å²) in [4.78, 5) is 2.01. The van der Waals surface area contributed by atoms with E-state index in [9.17, 15) is 4.39 Å². The van der Waals surface area contributed by atoms with Crippen LogP contribution in [0.1, 0.15) is 6.42 Å². The van der Waals surface area contributed by atoms with Crippen molar-refractivity contribution in [3.63, 3.8) is 0 Å². The van der Waals surface area contributed by atoms with Gasteiger partial charge >= 0.3 is 71.1 Å². The van der Waals surface area contributed by atoms with Crippen molar-refractivity contribution in [2.24, 2.45) is 0 Å². The molecule has 0 radical (unpaired) electrons. The fraction of sp³-hybridized carbons (Fsp3) is 1.00. The number of alkyl halides is 2. The SMILES string of the molecule is C[I-]O[C@@H]1CCNC[C@@H]1F. The van der Waals surface area contributed by atoms with Gasteiger partial charge in [-0.1, -0.05) is 0 Å². The summed E-state index contributed by atoms with van der Waals surface area (Å²) in [6.45, 7) is 1.36. The second kappa shape index (κ2) is 4.46. The summed E-state index contributed by atoms with van der Waals surface area (Å²) >= 11 is -0.213. The third kappa shape index (κ3) is 2.32. The summed E-state index contributed by atoms with van der Waals surface area (Å²) in [5, 5.41) is 2.98. The Hall–Kier alpha value is 0.580. The fourth-order valence-corrected chi connectivity index (χ4v) is 2.24. The third-order valence-corrected chi connectivity index (χ3v) is 2.71. The van der Waals surface area contributed by atoms with Crippen LogP contribution in [0.25, 0.3) is 0 Å². The topological polar surface area (TPSA) is 21.3 Å². The van der Waals surface area contributed by atoms with Gasteiger partial charge in [0.15, 0.2) is 0 Å². The Morgan fingerprint density at radius 2 is 2.50 bits per heavy atom. The van der Waals surface area contributed by atoms with Crippen molar-refractivity contribution in [2.45, 2.75) is 18.7 Å². The zero-order valence-electron chi connectivity index (χ0n) is 5.94. The Balaban J connectivity index is 2.25. The van der Waals surface area contributed by atoms with E-state index in [2.05, 4.69) is 5.32 Å². The zero-order valence-corrected chi connectivity index (χ0v) is 8.10. The van der Waals surface area contributed by atoms with Crippen LogP contribution >= 0.6 is 0 Å². The van der Waals surface area contributed by atoms with Crippen LogP contribution in [0.15, 0.2) is 0 Å². The van der Waals surface area contributed by atoms with Gasteiger partial charge in [-0.15, -0.1) is 0 Å². The fourth-order valence-electron chi connectivity index (χ4n) is 1.01. The van der Waals surface area contributed by atoms with Crippen molar-refractivity contribution in [3.8, 4) is 0 Å². The van der Waals surface area contributed by atoms with E-state index in [0.717, 1.165) is 13.0 Å². The molecule has 0 bridgehead atoms. The Bertz CT molecular complexity index is 102. The summed E-state index contributed by atoms with van der Waals surface area (Å²) in [5.74, 6) is 0. The minimum atomic E-state index is -0.784. The van der Waals surface area contributed by atoms with Gasteiger partial charge in [0.2, 0.25) is 0 Å². The molecule has 4 heteroatoms. The molecule has 1 fully saturated rings. The van der Waals surface area contributed by atoms with Crippen molar-refractivity contribution in [2.75, 3.05) is 18.0 Å². The molecule has 0 aliphatic carbocycles. The van der Waals surface area contributed by atoms with Crippen LogP contribution in [0.4, 0.5) is 4.39 Å². The molecule has 62 valence electrons. The molecule has 0 aromatic heterocycles. The van der Waals surface area contributed by atoms with Crippen molar-refractivity contribution in [3.05, 3.63) is 0 Å². The van der Waals surface area contributed by atoms with Gasteiger partial charge < -0.3 is 0 Å². The maximum absolute atomic E-state index is 12.9. The Kier molecular flexibility index (Phi) is 3.87. The van der Waals surface area contributed by atoms with E-state index in [4.69, 9.17) is 3.07 Å². The predicted octanol–water partition coefficient (Wildman–Crippen LogP) is -2.66. The number of hydrogen-bond donors (Lipinski definition) is 1. The molecule has 2 atom stereocenters. The van der Waals surface area contributed by atoms with Crippen LogP contribution < -0.4 is 26.9 Å². The Labute approximate surface area is 71.3 Å². The van der Waals surface area contributed by atoms with E-state index in [1.54, 1.807) is 0 Å². The average molecular weight is 260 g/mol. The second-order valence-corrected chi connectivity index (χ2v) is 3.68. The molecule has 1 N–H and O–H groups in total. The van der Waals surface area contributed by atoms with Gasteiger partial charge in [0, 0.05) is 0 Å². The summed E-state index contributed by atoms with van der Waals surface area (Å²) in [6.07, 6.45) is -0.0678. The van der Waals surface area contributed by atoms with Crippen molar-refractivity contribution in [1.29, 1.82) is 0 Å². The summed E-state index contributed by atoms with van der Waals surface area (Å²) in [7, 11) is 0. The van der Waals surface area contributed by atoms with E-state index >= 15 is 0 Å². The number of piperidine rings is 1. The van der Waals surface area contributed by atoms with Crippen molar-refractivity contribution < 1.29 is 29.1 Å². The van der Waals surface area contributed by atoms with Gasteiger partial charge in [-0.3, -0.25) is 0 Å². The van der Waals surface area contributed by atoms with Gasteiger partial charge in [-0.25, -0.2) is 0 Å². The number of hydrogen-bond acceptors (Lipinski definition) is 2. The van der Waals surface area contributed by atoms with Gasteiger partial charge in [-0.2, -0.15) is 0 Å². The van der Waals surface area contributed by atoms with Crippen LogP contribution in [0, 0.1) is 0 Å². The molecule has 0 amide bonds. The molecule has 0 saturated carbocycles. The van der Waals surface area contributed by atoms with Crippen LogP contribution in [-0.2, 0) is 3.07 Å². The van der Waals surface area contributed by atoms with E-state index in [0.29, 0.717) is 6.54 Å². The minimum absolute atomic E-state index is 0.112. The molecule has 10 heavy (non-hydrogen) atoms. The van der Waals surface area contributed by atoms with Crippen LogP contribution in [0.5, 0.6) is 0 Å². The standard InChI is InChI=1S/C6H12FINO/c1-8-10-6-2-3-9-4-5(6)7/h5-6,9H,2-4H2,1H3/q-1/t5-,6+/m0/s1. The van der Waals surface area contributed by atoms with Crippen LogP contribution in [0.2, 0.25) is 0 Å². The molecular weight excluding hydrogens is 248 g/mol. The summed E-state index contributed by atoms with van der Waals surface area (Å²) in [6, 6.07) is 0. The number of rotatable bonds is 2. The molecule has 1 heterocycles. The third-order valence-electron chi connectivity index (χ3n) is 1.55. The van der Waals surface area contributed by atoms with Gasteiger partial charge in [0.05, 0.1) is 0 Å². The second-order valence-electron chi connectivity index (χ2n) is 2.29. The molecule has 1 aliphatic heterocycles. The van der Waals surface area contributed by atoms with E-state index in [1.807, 2.05) is 4.93 Å². The molecule has 2 nitrogen and oxygen atoms in total. The number of halogens is 2. The first-order valence-corrected chi connectivity index (χ1v) is 6.38. The van der Waals surface area contributed by atoms with E-state index in [1.165, 1.54) is 0 Å². The average Bonchev–Trinajstić information content (AvgIpc) is 1.94. The zero-order chi connectivity index (χ0) is 7.40. The van der Waals surface area contributed by atoms with Crippen LogP contribution in [-0.4, -0.2) is 30.3 Å². The molecule has 0 unspecified atom stereocenters. The van der Waals surface area contributed by atoms with Crippen LogP contribution in [0.3, 0.4) is 0 Å². The monoisotopic (exact) mass is 260 g/mol. The first-order valence-electron chi connectivity index (χ1n) is 3.34. The molecule has 0 aromatic carbocycles. The van der Waals surface area contributed by atoms with E-state index in [-0.39, 0.29) is 27.7 Å². The van der Waals surface area contributed by atoms with Gasteiger partial charge in [0.25, 0.3) is 0 Å². The maximum atomic E-state index is 12.9. The summed E-state index contributed by atoms with van der Waals surface area (Å²) in [5.41, 5.74) is 0. The summed E-state index contributed by atoms with van der Waals surface area (Å²) < 4.78 is 18.2. The quantitative estimate of drug-likeness (QED) is 0.432. The normalized spacial score (nSPS) is 34.6. The predicted molar refractivity (Wildman–Crippen MR) is 33.2 cm³/mol. The first-order chi connectivity index (χ1) is 4.84. The molecule has 0 aromatic rings. The Morgan fingerprint density at radius 1 is 1.70 bits per heavy atom. The molecular formula is C6H12FINO-. The molecule has 1 rings (SSSR count). The van der Waals surface area contributed by atoms with Crippen molar-refractivity contribution >= 4 is 0 Å². The van der Waals surface area contributed by atoms with Crippen molar-refractivity contribution in [1.82, 2.24) is 5.32 Å². The molecule has 1 saturated heterocycles. The molecule has 0 spiro atoms. The van der Waals surface area contributed by atoms with Gasteiger partial charge in [0.1, 0.15) is 0 Å². The molecule has 1 aliphatic rings. The first kappa shape index (κ1) is 8.67. The van der Waals surface area contributed by atoms with Gasteiger partial charge in [-0.05, 0) is 0 Å².